The van der Waals surface area contributed by atoms with Gasteiger partial charge in [-0.05, 0) is 31.4 Å². The quantitative estimate of drug-likeness (QED) is 0.863. The van der Waals surface area contributed by atoms with Gasteiger partial charge in [-0.1, -0.05) is 18.2 Å². The van der Waals surface area contributed by atoms with E-state index in [2.05, 4.69) is 14.6 Å². The first-order chi connectivity index (χ1) is 10.1. The van der Waals surface area contributed by atoms with Crippen LogP contribution in [0.4, 0.5) is 14.5 Å². The molecule has 112 valence electrons. The van der Waals surface area contributed by atoms with E-state index in [0.29, 0.717) is 13.0 Å². The summed E-state index contributed by atoms with van der Waals surface area (Å²) in [6.45, 7) is 2.56. The van der Waals surface area contributed by atoms with E-state index in [1.165, 1.54) is 0 Å². The molecule has 1 atom stereocenters. The Hall–Kier alpha value is -1.75. The lowest BCUT2D eigenvalue weighted by atomic mass is 10.1. The summed E-state index contributed by atoms with van der Waals surface area (Å²) in [5, 5.41) is 1.08. The number of ether oxygens (including phenoxy) is 1. The number of aromatic nitrogens is 1. The highest BCUT2D eigenvalue weighted by molar-refractivity contribution is 5.95. The summed E-state index contributed by atoms with van der Waals surface area (Å²) in [7, 11) is 0. The van der Waals surface area contributed by atoms with E-state index >= 15 is 0 Å². The largest absolute Gasteiger partial charge is 0.368 e. The average molecular weight is 292 g/mol. The fourth-order valence-electron chi connectivity index (χ4n) is 3.06. The molecule has 21 heavy (non-hydrogen) atoms. The molecule has 0 aliphatic carbocycles. The minimum Gasteiger partial charge on any atom is -0.368 e. The number of para-hydroxylation sites is 1. The van der Waals surface area contributed by atoms with Crippen LogP contribution in [0.15, 0.2) is 24.4 Å². The number of alkyl halides is 2. The molecule has 3 rings (SSSR count). The molecule has 2 aromatic rings. The Balaban J connectivity index is 1.97. The third-order valence-corrected chi connectivity index (χ3v) is 4.01. The number of pyridine rings is 1. The van der Waals surface area contributed by atoms with Crippen molar-refractivity contribution in [3.63, 3.8) is 0 Å². The molecule has 0 spiro atoms. The highest BCUT2D eigenvalue weighted by atomic mass is 19.3. The van der Waals surface area contributed by atoms with E-state index in [0.717, 1.165) is 34.3 Å². The molecular weight excluding hydrogens is 274 g/mol. The summed E-state index contributed by atoms with van der Waals surface area (Å²) in [4.78, 5) is 6.63. The second kappa shape index (κ2) is 5.56. The molecule has 2 heterocycles. The predicted octanol–water partition coefficient (Wildman–Crippen LogP) is 3.67. The third-order valence-electron chi connectivity index (χ3n) is 4.01. The number of rotatable bonds is 3. The number of nitrogens with zero attached hydrogens (tertiary/aromatic N) is 2. The molecule has 1 fully saturated rings. The van der Waals surface area contributed by atoms with Crippen molar-refractivity contribution in [3.8, 4) is 0 Å². The number of hydrogen-bond donors (Lipinski definition) is 0. The van der Waals surface area contributed by atoms with Crippen molar-refractivity contribution < 1.29 is 13.5 Å². The van der Waals surface area contributed by atoms with Gasteiger partial charge in [0.15, 0.2) is 0 Å². The number of fused-ring (bicyclic) bond motifs is 1. The topological polar surface area (TPSA) is 25.4 Å². The van der Waals surface area contributed by atoms with Crippen molar-refractivity contribution in [3.05, 3.63) is 35.5 Å². The Morgan fingerprint density at radius 3 is 2.86 bits per heavy atom. The molecule has 5 heteroatoms. The summed E-state index contributed by atoms with van der Waals surface area (Å²) in [6, 6.07) is 6.08. The van der Waals surface area contributed by atoms with Crippen LogP contribution in [0.5, 0.6) is 0 Å². The lowest BCUT2D eigenvalue weighted by Crippen LogP contribution is -2.25. The lowest BCUT2D eigenvalue weighted by Gasteiger charge is -2.23. The first kappa shape index (κ1) is 14.2. The van der Waals surface area contributed by atoms with Gasteiger partial charge >= 0.3 is 6.61 Å². The summed E-state index contributed by atoms with van der Waals surface area (Å²) >= 11 is 0. The highest BCUT2D eigenvalue weighted by Gasteiger charge is 2.27. The van der Waals surface area contributed by atoms with E-state index in [9.17, 15) is 8.78 Å². The average Bonchev–Trinajstić information content (AvgIpc) is 2.86. The molecule has 0 saturated carbocycles. The van der Waals surface area contributed by atoms with Crippen LogP contribution in [-0.2, 0) is 4.74 Å². The van der Waals surface area contributed by atoms with Crippen LogP contribution in [0.2, 0.25) is 0 Å². The smallest absolute Gasteiger partial charge is 0.345 e. The Bertz CT molecular complexity index is 660. The summed E-state index contributed by atoms with van der Waals surface area (Å²) in [5.41, 5.74) is 4.24. The maximum absolute atomic E-state index is 12.4. The van der Waals surface area contributed by atoms with Gasteiger partial charge in [-0.15, -0.1) is 0 Å². The molecule has 0 unspecified atom stereocenters. The molecule has 0 radical (unpaired) electrons. The van der Waals surface area contributed by atoms with Crippen LogP contribution < -0.4 is 4.90 Å². The first-order valence-corrected chi connectivity index (χ1v) is 7.09. The maximum atomic E-state index is 12.4. The number of aryl methyl sites for hydroxylation is 2. The second-order valence-corrected chi connectivity index (χ2v) is 5.51. The van der Waals surface area contributed by atoms with Gasteiger partial charge in [-0.25, -0.2) is 0 Å². The van der Waals surface area contributed by atoms with Gasteiger partial charge in [-0.3, -0.25) is 4.98 Å². The van der Waals surface area contributed by atoms with Gasteiger partial charge in [0, 0.05) is 24.7 Å². The van der Waals surface area contributed by atoms with E-state index in [4.69, 9.17) is 0 Å². The van der Waals surface area contributed by atoms with E-state index in [-0.39, 0.29) is 0 Å². The summed E-state index contributed by atoms with van der Waals surface area (Å²) < 4.78 is 29.3. The zero-order chi connectivity index (χ0) is 15.0. The zero-order valence-corrected chi connectivity index (χ0v) is 12.1. The number of hydrogen-bond acceptors (Lipinski definition) is 3. The van der Waals surface area contributed by atoms with Gasteiger partial charge in [0.05, 0.1) is 17.3 Å². The third kappa shape index (κ3) is 2.70. The van der Waals surface area contributed by atoms with Crippen molar-refractivity contribution in [2.24, 2.45) is 0 Å². The standard InChI is InChI=1S/C16H18F2N2O/c1-10-4-3-5-13-14(10)19-8-11(2)15(13)20-7-6-12(9-20)21-16(17)18/h3-5,8,12,16H,6-7,9H2,1-2H3/t12-/m0/s1. The van der Waals surface area contributed by atoms with Crippen LogP contribution >= 0.6 is 0 Å². The highest BCUT2D eigenvalue weighted by Crippen LogP contribution is 2.33. The lowest BCUT2D eigenvalue weighted by molar-refractivity contribution is -0.156. The second-order valence-electron chi connectivity index (χ2n) is 5.51. The molecular formula is C16H18F2N2O. The fraction of sp³-hybridized carbons (Fsp3) is 0.438. The van der Waals surface area contributed by atoms with Gasteiger partial charge in [0.25, 0.3) is 0 Å². The van der Waals surface area contributed by atoms with Crippen LogP contribution in [0.1, 0.15) is 17.5 Å². The van der Waals surface area contributed by atoms with Crippen molar-refractivity contribution in [2.75, 3.05) is 18.0 Å². The molecule has 0 bridgehead atoms. The van der Waals surface area contributed by atoms with Gasteiger partial charge in [0.1, 0.15) is 0 Å². The summed E-state index contributed by atoms with van der Waals surface area (Å²) in [5.74, 6) is 0. The molecule has 0 amide bonds. The minimum absolute atomic E-state index is 0.405. The van der Waals surface area contributed by atoms with E-state index in [1.54, 1.807) is 0 Å². The molecule has 1 aliphatic heterocycles. The number of anilines is 1. The minimum atomic E-state index is -2.70. The van der Waals surface area contributed by atoms with Crippen molar-refractivity contribution in [2.45, 2.75) is 33.0 Å². The van der Waals surface area contributed by atoms with Gasteiger partial charge < -0.3 is 9.64 Å². The monoisotopic (exact) mass is 292 g/mol. The Morgan fingerprint density at radius 2 is 2.10 bits per heavy atom. The van der Waals surface area contributed by atoms with Crippen molar-refractivity contribution in [1.82, 2.24) is 4.98 Å². The molecule has 1 saturated heterocycles. The summed E-state index contributed by atoms with van der Waals surface area (Å²) in [6.07, 6.45) is 2.07. The van der Waals surface area contributed by atoms with E-state index in [1.807, 2.05) is 38.2 Å². The molecule has 1 aliphatic rings. The fourth-order valence-corrected chi connectivity index (χ4v) is 3.06. The van der Waals surface area contributed by atoms with Crippen molar-refractivity contribution >= 4 is 16.6 Å². The first-order valence-electron chi connectivity index (χ1n) is 7.09. The van der Waals surface area contributed by atoms with E-state index < -0.39 is 12.7 Å². The number of benzene rings is 1. The molecule has 3 nitrogen and oxygen atoms in total. The SMILES string of the molecule is Cc1cnc2c(C)cccc2c1N1CC[C@H](OC(F)F)C1. The number of halogens is 2. The van der Waals surface area contributed by atoms with Crippen LogP contribution in [-0.4, -0.2) is 30.8 Å². The van der Waals surface area contributed by atoms with Crippen molar-refractivity contribution in [1.29, 1.82) is 0 Å². The molecule has 1 aromatic carbocycles. The molecule has 0 N–H and O–H groups in total. The van der Waals surface area contributed by atoms with Crippen LogP contribution in [0.25, 0.3) is 10.9 Å². The normalized spacial score (nSPS) is 18.9. The molecule has 1 aromatic heterocycles. The predicted molar refractivity (Wildman–Crippen MR) is 78.9 cm³/mol. The van der Waals surface area contributed by atoms with Crippen LogP contribution in [0.3, 0.4) is 0 Å². The van der Waals surface area contributed by atoms with Gasteiger partial charge in [-0.2, -0.15) is 8.78 Å². The maximum Gasteiger partial charge on any atom is 0.345 e. The Kier molecular flexibility index (Phi) is 3.76. The Morgan fingerprint density at radius 1 is 1.29 bits per heavy atom. The Labute approximate surface area is 122 Å². The zero-order valence-electron chi connectivity index (χ0n) is 12.1. The van der Waals surface area contributed by atoms with Crippen LogP contribution in [0, 0.1) is 13.8 Å². The van der Waals surface area contributed by atoms with Gasteiger partial charge in [0.2, 0.25) is 0 Å².